The molecule has 18 heavy (non-hydrogen) atoms. The van der Waals surface area contributed by atoms with Gasteiger partial charge in [0.25, 0.3) is 0 Å². The summed E-state index contributed by atoms with van der Waals surface area (Å²) in [7, 11) is 0. The van der Waals surface area contributed by atoms with Gasteiger partial charge in [0, 0.05) is 17.6 Å². The lowest BCUT2D eigenvalue weighted by Crippen LogP contribution is -2.32. The zero-order valence-electron chi connectivity index (χ0n) is 10.0. The average molecular weight is 312 g/mol. The molecule has 0 bridgehead atoms. The maximum atomic E-state index is 13.5. The van der Waals surface area contributed by atoms with Crippen LogP contribution in [0.1, 0.15) is 5.56 Å². The Morgan fingerprint density at radius 3 is 2.50 bits per heavy atom. The van der Waals surface area contributed by atoms with E-state index in [2.05, 4.69) is 29.1 Å². The summed E-state index contributed by atoms with van der Waals surface area (Å²) in [6, 6.07) is 4.57. The first-order valence-corrected chi connectivity index (χ1v) is 6.31. The van der Waals surface area contributed by atoms with Gasteiger partial charge < -0.3 is 4.90 Å². The summed E-state index contributed by atoms with van der Waals surface area (Å²) in [5.41, 5.74) is 0.382. The van der Waals surface area contributed by atoms with Crippen molar-refractivity contribution < 1.29 is 9.18 Å². The van der Waals surface area contributed by atoms with E-state index in [0.717, 1.165) is 4.47 Å². The molecule has 0 radical (unpaired) electrons. The highest BCUT2D eigenvalue weighted by Crippen LogP contribution is 2.16. The van der Waals surface area contributed by atoms with Crippen molar-refractivity contribution in [1.29, 1.82) is 0 Å². The van der Waals surface area contributed by atoms with Gasteiger partial charge in [-0.05, 0) is 23.8 Å². The molecule has 0 aliphatic rings. The summed E-state index contributed by atoms with van der Waals surface area (Å²) in [5, 5.41) is 0. The van der Waals surface area contributed by atoms with E-state index in [1.807, 2.05) is 0 Å². The van der Waals surface area contributed by atoms with E-state index in [4.69, 9.17) is 0 Å². The predicted molar refractivity (Wildman–Crippen MR) is 74.8 cm³/mol. The van der Waals surface area contributed by atoms with Crippen LogP contribution in [0.3, 0.4) is 0 Å². The third-order valence-electron chi connectivity index (χ3n) is 2.40. The van der Waals surface area contributed by atoms with Crippen LogP contribution in [0.15, 0.2) is 48.0 Å². The van der Waals surface area contributed by atoms with Crippen LogP contribution in [0.2, 0.25) is 0 Å². The molecule has 96 valence electrons. The molecule has 0 unspecified atom stereocenters. The van der Waals surface area contributed by atoms with Crippen LogP contribution >= 0.6 is 15.9 Å². The quantitative estimate of drug-likeness (QED) is 0.738. The third-order valence-corrected chi connectivity index (χ3v) is 2.89. The Hall–Kier alpha value is -1.42. The van der Waals surface area contributed by atoms with Crippen molar-refractivity contribution in [3.05, 3.63) is 59.4 Å². The lowest BCUT2D eigenvalue weighted by molar-refractivity contribution is -0.129. The Kier molecular flexibility index (Phi) is 5.78. The van der Waals surface area contributed by atoms with Crippen LogP contribution < -0.4 is 0 Å². The lowest BCUT2D eigenvalue weighted by Gasteiger charge is -2.19. The normalized spacial score (nSPS) is 9.89. The number of amides is 1. The predicted octanol–water partition coefficient (Wildman–Crippen LogP) is 3.33. The Morgan fingerprint density at radius 2 is 1.94 bits per heavy atom. The molecule has 1 rings (SSSR count). The van der Waals surface area contributed by atoms with Crippen molar-refractivity contribution in [3.63, 3.8) is 0 Å². The number of carbonyl (C=O) groups is 1. The van der Waals surface area contributed by atoms with Crippen molar-refractivity contribution in [2.45, 2.75) is 6.42 Å². The second-order valence-corrected chi connectivity index (χ2v) is 4.70. The largest absolute Gasteiger partial charge is 0.335 e. The van der Waals surface area contributed by atoms with E-state index in [-0.39, 0.29) is 18.1 Å². The SMILES string of the molecule is C=CCN(CC=C)C(=O)Cc1cc(Br)ccc1F. The molecule has 0 saturated heterocycles. The minimum absolute atomic E-state index is 0.0347. The standard InChI is InChI=1S/C14H15BrFNO/c1-3-7-17(8-4-2)14(18)10-11-9-12(15)5-6-13(11)16/h3-6,9H,1-2,7-8,10H2. The summed E-state index contributed by atoms with van der Waals surface area (Å²) in [6.45, 7) is 8.05. The minimum Gasteiger partial charge on any atom is -0.335 e. The van der Waals surface area contributed by atoms with Gasteiger partial charge in [-0.1, -0.05) is 28.1 Å². The molecule has 1 amide bonds. The molecule has 0 spiro atoms. The van der Waals surface area contributed by atoms with Crippen LogP contribution in [0.5, 0.6) is 0 Å². The first-order valence-electron chi connectivity index (χ1n) is 5.52. The molecule has 4 heteroatoms. The fraction of sp³-hybridized carbons (Fsp3) is 0.214. The van der Waals surface area contributed by atoms with Crippen molar-refractivity contribution in [2.24, 2.45) is 0 Å². The number of carbonyl (C=O) groups excluding carboxylic acids is 1. The fourth-order valence-electron chi connectivity index (χ4n) is 1.54. The highest BCUT2D eigenvalue weighted by Gasteiger charge is 2.14. The van der Waals surface area contributed by atoms with E-state index in [9.17, 15) is 9.18 Å². The van der Waals surface area contributed by atoms with Crippen LogP contribution in [0.4, 0.5) is 4.39 Å². The highest BCUT2D eigenvalue weighted by atomic mass is 79.9. The van der Waals surface area contributed by atoms with Gasteiger partial charge in [0.05, 0.1) is 6.42 Å². The van der Waals surface area contributed by atoms with E-state index in [0.29, 0.717) is 18.7 Å². The number of hydrogen-bond acceptors (Lipinski definition) is 1. The van der Waals surface area contributed by atoms with Crippen LogP contribution in [-0.2, 0) is 11.2 Å². The summed E-state index contributed by atoms with van der Waals surface area (Å²) in [6.07, 6.45) is 3.31. The molecule has 2 nitrogen and oxygen atoms in total. The van der Waals surface area contributed by atoms with E-state index >= 15 is 0 Å². The summed E-state index contributed by atoms with van der Waals surface area (Å²) < 4.78 is 14.3. The molecule has 0 atom stereocenters. The molecule has 0 heterocycles. The minimum atomic E-state index is -0.372. The van der Waals surface area contributed by atoms with Gasteiger partial charge in [-0.15, -0.1) is 13.2 Å². The summed E-state index contributed by atoms with van der Waals surface area (Å²) in [4.78, 5) is 13.6. The zero-order valence-corrected chi connectivity index (χ0v) is 11.6. The molecule has 0 fully saturated rings. The molecule has 0 saturated carbocycles. The second kappa shape index (κ2) is 7.11. The monoisotopic (exact) mass is 311 g/mol. The molecule has 0 N–H and O–H groups in total. The van der Waals surface area contributed by atoms with Crippen molar-refractivity contribution in [2.75, 3.05) is 13.1 Å². The van der Waals surface area contributed by atoms with Gasteiger partial charge >= 0.3 is 0 Å². The molecule has 0 aliphatic carbocycles. The zero-order chi connectivity index (χ0) is 13.5. The van der Waals surface area contributed by atoms with Gasteiger partial charge in [-0.3, -0.25) is 4.79 Å². The number of hydrogen-bond donors (Lipinski definition) is 0. The van der Waals surface area contributed by atoms with Gasteiger partial charge in [-0.2, -0.15) is 0 Å². The van der Waals surface area contributed by atoms with E-state index in [1.54, 1.807) is 29.2 Å². The Morgan fingerprint density at radius 1 is 1.33 bits per heavy atom. The van der Waals surface area contributed by atoms with Crippen molar-refractivity contribution in [1.82, 2.24) is 4.90 Å². The first kappa shape index (κ1) is 14.6. The van der Waals surface area contributed by atoms with Crippen molar-refractivity contribution >= 4 is 21.8 Å². The first-order chi connectivity index (χ1) is 8.58. The van der Waals surface area contributed by atoms with Gasteiger partial charge in [0.2, 0.25) is 5.91 Å². The maximum Gasteiger partial charge on any atom is 0.227 e. The molecular weight excluding hydrogens is 297 g/mol. The second-order valence-electron chi connectivity index (χ2n) is 3.79. The summed E-state index contributed by atoms with van der Waals surface area (Å²) in [5.74, 6) is -0.518. The molecule has 0 aromatic heterocycles. The van der Waals surface area contributed by atoms with Crippen LogP contribution in [-0.4, -0.2) is 23.9 Å². The van der Waals surface area contributed by atoms with Crippen LogP contribution in [0.25, 0.3) is 0 Å². The van der Waals surface area contributed by atoms with E-state index in [1.165, 1.54) is 6.07 Å². The highest BCUT2D eigenvalue weighted by molar-refractivity contribution is 9.10. The Balaban J connectivity index is 2.81. The third kappa shape index (κ3) is 4.11. The molecular formula is C14H15BrFNO. The van der Waals surface area contributed by atoms with Gasteiger partial charge in [-0.25, -0.2) is 4.39 Å². The van der Waals surface area contributed by atoms with Crippen molar-refractivity contribution in [3.8, 4) is 0 Å². The van der Waals surface area contributed by atoms with Crippen LogP contribution in [0, 0.1) is 5.82 Å². The lowest BCUT2D eigenvalue weighted by atomic mass is 10.1. The Labute approximate surface area is 115 Å². The van der Waals surface area contributed by atoms with Gasteiger partial charge in [0.15, 0.2) is 0 Å². The number of rotatable bonds is 6. The topological polar surface area (TPSA) is 20.3 Å². The molecule has 1 aromatic carbocycles. The van der Waals surface area contributed by atoms with E-state index < -0.39 is 0 Å². The Bertz CT molecular complexity index is 449. The van der Waals surface area contributed by atoms with Gasteiger partial charge in [0.1, 0.15) is 5.82 Å². The number of halogens is 2. The fourth-order valence-corrected chi connectivity index (χ4v) is 1.95. The maximum absolute atomic E-state index is 13.5. The number of nitrogens with zero attached hydrogens (tertiary/aromatic N) is 1. The smallest absolute Gasteiger partial charge is 0.227 e. The summed E-state index contributed by atoms with van der Waals surface area (Å²) >= 11 is 3.26. The molecule has 0 aliphatic heterocycles. The average Bonchev–Trinajstić information content (AvgIpc) is 2.33. The number of benzene rings is 1. The molecule has 1 aromatic rings.